The molecule has 0 saturated heterocycles. The van der Waals surface area contributed by atoms with E-state index < -0.39 is 5.60 Å². The fourth-order valence-electron chi connectivity index (χ4n) is 2.07. The highest BCUT2D eigenvalue weighted by atomic mass is 16.5. The molecule has 1 aliphatic carbocycles. The lowest BCUT2D eigenvalue weighted by atomic mass is 9.89. The Hall–Kier alpha value is -0.590. The van der Waals surface area contributed by atoms with Gasteiger partial charge in [0.05, 0.1) is 12.7 Å². The standard InChI is InChI=1S/C11H19NO2/c1-10(2)4-5-11(8-10,9-12)14-7-3-6-13/h13H,3-8H2,1-2H3. The molecular formula is C11H19NO2. The number of aliphatic hydroxyl groups is 1. The third-order valence-corrected chi connectivity index (χ3v) is 2.85. The lowest BCUT2D eigenvalue weighted by molar-refractivity contribution is -0.00948. The lowest BCUT2D eigenvalue weighted by Crippen LogP contribution is -2.29. The molecule has 0 aliphatic heterocycles. The van der Waals surface area contributed by atoms with E-state index in [1.807, 2.05) is 0 Å². The highest BCUT2D eigenvalue weighted by Crippen LogP contribution is 2.45. The number of rotatable bonds is 4. The highest BCUT2D eigenvalue weighted by molar-refractivity contribution is 5.09. The summed E-state index contributed by atoms with van der Waals surface area (Å²) in [4.78, 5) is 0. The lowest BCUT2D eigenvalue weighted by Gasteiger charge is -2.23. The van der Waals surface area contributed by atoms with E-state index in [-0.39, 0.29) is 12.0 Å². The summed E-state index contributed by atoms with van der Waals surface area (Å²) in [7, 11) is 0. The molecule has 1 rings (SSSR count). The fourth-order valence-corrected chi connectivity index (χ4v) is 2.07. The van der Waals surface area contributed by atoms with Gasteiger partial charge in [-0.3, -0.25) is 0 Å². The Morgan fingerprint density at radius 2 is 2.14 bits per heavy atom. The van der Waals surface area contributed by atoms with Crippen molar-refractivity contribution in [2.75, 3.05) is 13.2 Å². The van der Waals surface area contributed by atoms with Crippen LogP contribution in [0, 0.1) is 16.7 Å². The van der Waals surface area contributed by atoms with E-state index >= 15 is 0 Å². The molecule has 1 atom stereocenters. The zero-order valence-corrected chi connectivity index (χ0v) is 9.05. The van der Waals surface area contributed by atoms with Crippen molar-refractivity contribution in [1.82, 2.24) is 0 Å². The predicted molar refractivity (Wildman–Crippen MR) is 53.6 cm³/mol. The zero-order valence-electron chi connectivity index (χ0n) is 9.05. The SMILES string of the molecule is CC1(C)CCC(C#N)(OCCCO)C1. The van der Waals surface area contributed by atoms with Gasteiger partial charge in [-0.25, -0.2) is 0 Å². The van der Waals surface area contributed by atoms with Crippen LogP contribution in [0.15, 0.2) is 0 Å². The van der Waals surface area contributed by atoms with Crippen molar-refractivity contribution < 1.29 is 9.84 Å². The van der Waals surface area contributed by atoms with Gasteiger partial charge in [-0.1, -0.05) is 13.8 Å². The van der Waals surface area contributed by atoms with Crippen LogP contribution in [0.1, 0.15) is 39.5 Å². The van der Waals surface area contributed by atoms with Crippen molar-refractivity contribution in [2.45, 2.75) is 45.1 Å². The molecule has 80 valence electrons. The molecule has 0 aromatic carbocycles. The van der Waals surface area contributed by atoms with Gasteiger partial charge in [0, 0.05) is 6.61 Å². The minimum absolute atomic E-state index is 0.130. The molecule has 0 radical (unpaired) electrons. The average molecular weight is 197 g/mol. The zero-order chi connectivity index (χ0) is 10.7. The maximum atomic E-state index is 9.11. The summed E-state index contributed by atoms with van der Waals surface area (Å²) in [6.45, 7) is 4.95. The van der Waals surface area contributed by atoms with Crippen LogP contribution in [-0.2, 0) is 4.74 Å². The van der Waals surface area contributed by atoms with Crippen LogP contribution in [0.4, 0.5) is 0 Å². The second-order valence-electron chi connectivity index (χ2n) is 4.87. The first-order valence-electron chi connectivity index (χ1n) is 5.20. The number of nitriles is 1. The van der Waals surface area contributed by atoms with Crippen LogP contribution in [0.5, 0.6) is 0 Å². The minimum Gasteiger partial charge on any atom is -0.396 e. The van der Waals surface area contributed by atoms with E-state index in [9.17, 15) is 0 Å². The van der Waals surface area contributed by atoms with Gasteiger partial charge in [0.15, 0.2) is 5.60 Å². The van der Waals surface area contributed by atoms with E-state index in [2.05, 4.69) is 19.9 Å². The quantitative estimate of drug-likeness (QED) is 0.700. The summed E-state index contributed by atoms with van der Waals surface area (Å²) < 4.78 is 5.59. The first-order valence-corrected chi connectivity index (χ1v) is 5.20. The summed E-state index contributed by atoms with van der Waals surface area (Å²) in [5.41, 5.74) is -0.367. The predicted octanol–water partition coefficient (Wildman–Crippen LogP) is 1.86. The molecular weight excluding hydrogens is 178 g/mol. The molecule has 1 saturated carbocycles. The number of ether oxygens (including phenoxy) is 1. The van der Waals surface area contributed by atoms with Gasteiger partial charge in [-0.15, -0.1) is 0 Å². The summed E-state index contributed by atoms with van der Waals surface area (Å²) in [6.07, 6.45) is 3.29. The van der Waals surface area contributed by atoms with Gasteiger partial charge >= 0.3 is 0 Å². The summed E-state index contributed by atoms with van der Waals surface area (Å²) >= 11 is 0. The second kappa shape index (κ2) is 4.29. The first-order chi connectivity index (χ1) is 6.54. The van der Waals surface area contributed by atoms with Gasteiger partial charge in [0.25, 0.3) is 0 Å². The Morgan fingerprint density at radius 3 is 2.57 bits per heavy atom. The van der Waals surface area contributed by atoms with E-state index in [0.29, 0.717) is 13.0 Å². The van der Waals surface area contributed by atoms with Crippen molar-refractivity contribution in [3.8, 4) is 6.07 Å². The van der Waals surface area contributed by atoms with Gasteiger partial charge in [0.1, 0.15) is 0 Å². The molecule has 14 heavy (non-hydrogen) atoms. The number of aliphatic hydroxyl groups excluding tert-OH is 1. The van der Waals surface area contributed by atoms with Gasteiger partial charge in [-0.2, -0.15) is 5.26 Å². The molecule has 0 amide bonds. The number of nitrogens with zero attached hydrogens (tertiary/aromatic N) is 1. The third-order valence-electron chi connectivity index (χ3n) is 2.85. The molecule has 0 bridgehead atoms. The smallest absolute Gasteiger partial charge is 0.154 e. The molecule has 0 aromatic rings. The third kappa shape index (κ3) is 2.70. The maximum absolute atomic E-state index is 9.11. The van der Waals surface area contributed by atoms with E-state index in [1.54, 1.807) is 0 Å². The number of hydrogen-bond donors (Lipinski definition) is 1. The molecule has 3 heteroatoms. The normalized spacial score (nSPS) is 30.1. The molecule has 3 nitrogen and oxygen atoms in total. The summed E-state index contributed by atoms with van der Waals surface area (Å²) in [5.74, 6) is 0. The van der Waals surface area contributed by atoms with Crippen molar-refractivity contribution in [3.63, 3.8) is 0 Å². The van der Waals surface area contributed by atoms with Crippen LogP contribution in [-0.4, -0.2) is 23.9 Å². The maximum Gasteiger partial charge on any atom is 0.154 e. The van der Waals surface area contributed by atoms with Crippen LogP contribution >= 0.6 is 0 Å². The molecule has 1 fully saturated rings. The second-order valence-corrected chi connectivity index (χ2v) is 4.87. The Balaban J connectivity index is 2.49. The van der Waals surface area contributed by atoms with Crippen molar-refractivity contribution in [2.24, 2.45) is 5.41 Å². The molecule has 0 heterocycles. The molecule has 1 unspecified atom stereocenters. The van der Waals surface area contributed by atoms with Crippen molar-refractivity contribution >= 4 is 0 Å². The average Bonchev–Trinajstić information content (AvgIpc) is 2.44. The molecule has 0 aromatic heterocycles. The fraction of sp³-hybridized carbons (Fsp3) is 0.909. The molecule has 1 N–H and O–H groups in total. The molecule has 1 aliphatic rings. The first kappa shape index (κ1) is 11.5. The Kier molecular flexibility index (Phi) is 3.52. The van der Waals surface area contributed by atoms with Crippen molar-refractivity contribution in [1.29, 1.82) is 5.26 Å². The topological polar surface area (TPSA) is 53.2 Å². The number of hydrogen-bond acceptors (Lipinski definition) is 3. The summed E-state index contributed by atoms with van der Waals surface area (Å²) in [6, 6.07) is 2.29. The van der Waals surface area contributed by atoms with E-state index in [4.69, 9.17) is 15.1 Å². The largest absolute Gasteiger partial charge is 0.396 e. The van der Waals surface area contributed by atoms with Crippen LogP contribution in [0.3, 0.4) is 0 Å². The van der Waals surface area contributed by atoms with Crippen molar-refractivity contribution in [3.05, 3.63) is 0 Å². The highest BCUT2D eigenvalue weighted by Gasteiger charge is 2.44. The van der Waals surface area contributed by atoms with E-state index in [1.165, 1.54) is 0 Å². The van der Waals surface area contributed by atoms with E-state index in [0.717, 1.165) is 19.3 Å². The summed E-state index contributed by atoms with van der Waals surface area (Å²) in [5, 5.41) is 17.7. The van der Waals surface area contributed by atoms with Gasteiger partial charge in [-0.05, 0) is 31.1 Å². The van der Waals surface area contributed by atoms with Crippen LogP contribution in [0.2, 0.25) is 0 Å². The van der Waals surface area contributed by atoms with Crippen LogP contribution in [0.25, 0.3) is 0 Å². The van der Waals surface area contributed by atoms with Gasteiger partial charge < -0.3 is 9.84 Å². The van der Waals surface area contributed by atoms with Gasteiger partial charge in [0.2, 0.25) is 0 Å². The van der Waals surface area contributed by atoms with Crippen LogP contribution < -0.4 is 0 Å². The molecule has 0 spiro atoms. The Morgan fingerprint density at radius 1 is 1.43 bits per heavy atom. The minimum atomic E-state index is -0.585. The monoisotopic (exact) mass is 197 g/mol. The Labute approximate surface area is 85.7 Å². The Bertz CT molecular complexity index is 232.